The lowest BCUT2D eigenvalue weighted by Crippen LogP contribution is -2.50. The maximum atomic E-state index is 12.7. The minimum atomic E-state index is -0.350. The van der Waals surface area contributed by atoms with Crippen molar-refractivity contribution in [3.63, 3.8) is 0 Å². The van der Waals surface area contributed by atoms with Gasteiger partial charge in [0.2, 0.25) is 5.91 Å². The SMILES string of the molecule is CCC(=O)C(CCCCNC)NC.CCC(=O)C(CCCCNC)NC.CCN1CCN(CC)CCN(CC)CCN(CC)CC1.CCN1CCN(CC)CCN(CC)CCN(CC)CC1.CCNCCCCC(NC(=O)C(CCCCNCC)NCC)C(=O)CC.CCNc1cc(NCC)cc(C(=O)CC)c1.CNCCCCC(NC)C(C)=O. The number of rotatable bonds is 55. The zero-order valence-electron chi connectivity index (χ0n) is 82.6. The molecule has 26 nitrogen and oxygen atoms in total. The molecule has 1 aromatic rings. The number of carbonyl (C=O) groups excluding carboxylic acids is 6. The Hall–Kier alpha value is -4.04. The van der Waals surface area contributed by atoms with Crippen molar-refractivity contribution < 1.29 is 28.8 Å². The van der Waals surface area contributed by atoms with Crippen molar-refractivity contribution in [3.05, 3.63) is 23.8 Å². The predicted octanol–water partition coefficient (Wildman–Crippen LogP) is 10.1. The molecule has 26 heteroatoms. The van der Waals surface area contributed by atoms with Crippen LogP contribution in [0.5, 0.6) is 0 Å². The molecule has 0 bridgehead atoms. The zero-order valence-corrected chi connectivity index (χ0v) is 82.6. The number of Topliss-reactive ketones (excluding diaryl/α,β-unsaturated/α-hetero) is 5. The Morgan fingerprint density at radius 2 is 0.558 bits per heavy atom. The Morgan fingerprint density at radius 3 is 0.783 bits per heavy atom. The van der Waals surface area contributed by atoms with Gasteiger partial charge in [-0.15, -0.1) is 0 Å². The first-order valence-electron chi connectivity index (χ1n) is 48.4. The highest BCUT2D eigenvalue weighted by Crippen LogP contribution is 2.21. The summed E-state index contributed by atoms with van der Waals surface area (Å²) in [5, 5.41) is 37.7. The smallest absolute Gasteiger partial charge is 0.237 e. The minimum Gasteiger partial charge on any atom is -0.385 e. The van der Waals surface area contributed by atoms with Crippen LogP contribution in [0.1, 0.15) is 257 Å². The maximum Gasteiger partial charge on any atom is 0.237 e. The highest BCUT2D eigenvalue weighted by Gasteiger charge is 2.25. The number of benzene rings is 1. The fourth-order valence-electron chi connectivity index (χ4n) is 14.2. The molecule has 0 aromatic heterocycles. The summed E-state index contributed by atoms with van der Waals surface area (Å²) in [7, 11) is 11.4. The van der Waals surface area contributed by atoms with Gasteiger partial charge in [0, 0.05) is 160 Å². The summed E-state index contributed by atoms with van der Waals surface area (Å²) in [5.74, 6) is 1.16. The number of hydrogen-bond acceptors (Lipinski definition) is 25. The molecular formula is C94H198N20O6. The van der Waals surface area contributed by atoms with Crippen LogP contribution in [0.2, 0.25) is 0 Å². The van der Waals surface area contributed by atoms with Crippen molar-refractivity contribution in [1.29, 1.82) is 0 Å². The molecule has 2 fully saturated rings. The second-order valence-electron chi connectivity index (χ2n) is 31.4. The number of unbranched alkanes of at least 4 members (excludes halogenated alkanes) is 5. The third-order valence-corrected chi connectivity index (χ3v) is 22.8. The summed E-state index contributed by atoms with van der Waals surface area (Å²) in [4.78, 5) is 91.0. The number of nitrogens with zero attached hydrogens (tertiary/aromatic N) is 8. The van der Waals surface area contributed by atoms with Gasteiger partial charge >= 0.3 is 0 Å². The summed E-state index contributed by atoms with van der Waals surface area (Å²) < 4.78 is 0. The summed E-state index contributed by atoms with van der Waals surface area (Å²) in [6, 6.07) is 5.49. The fourth-order valence-corrected chi connectivity index (χ4v) is 14.2. The summed E-state index contributed by atoms with van der Waals surface area (Å²) in [6.45, 7) is 76.1. The van der Waals surface area contributed by atoms with Crippen molar-refractivity contribution >= 4 is 46.2 Å². The van der Waals surface area contributed by atoms with Gasteiger partial charge in [-0.3, -0.25) is 28.8 Å². The molecule has 2 saturated heterocycles. The number of carbonyl (C=O) groups is 6. The molecule has 710 valence electrons. The van der Waals surface area contributed by atoms with Crippen LogP contribution >= 0.6 is 0 Å². The highest BCUT2D eigenvalue weighted by molar-refractivity contribution is 5.98. The second kappa shape index (κ2) is 88.4. The normalized spacial score (nSPS) is 16.1. The van der Waals surface area contributed by atoms with E-state index in [4.69, 9.17) is 0 Å². The van der Waals surface area contributed by atoms with E-state index in [0.717, 1.165) is 179 Å². The van der Waals surface area contributed by atoms with Crippen LogP contribution < -0.4 is 63.8 Å². The molecule has 2 heterocycles. The van der Waals surface area contributed by atoms with Crippen molar-refractivity contribution in [2.75, 3.05) is 275 Å². The van der Waals surface area contributed by atoms with E-state index in [-0.39, 0.29) is 53.5 Å². The lowest BCUT2D eigenvalue weighted by atomic mass is 10.0. The van der Waals surface area contributed by atoms with Crippen molar-refractivity contribution in [2.24, 2.45) is 0 Å². The maximum absolute atomic E-state index is 12.7. The van der Waals surface area contributed by atoms with Crippen LogP contribution in [-0.4, -0.2) is 369 Å². The van der Waals surface area contributed by atoms with Crippen LogP contribution in [0.25, 0.3) is 0 Å². The van der Waals surface area contributed by atoms with Gasteiger partial charge in [-0.25, -0.2) is 0 Å². The quantitative estimate of drug-likeness (QED) is 0.0214. The molecule has 1 aromatic carbocycles. The number of amides is 1. The van der Waals surface area contributed by atoms with E-state index in [2.05, 4.69) is 172 Å². The van der Waals surface area contributed by atoms with E-state index in [1.807, 2.05) is 109 Å². The van der Waals surface area contributed by atoms with Crippen LogP contribution in [-0.2, 0) is 24.0 Å². The monoisotopic (exact) mass is 1700 g/mol. The molecule has 2 aliphatic heterocycles. The Bertz CT molecular complexity index is 2260. The van der Waals surface area contributed by atoms with Gasteiger partial charge in [0.25, 0.3) is 0 Å². The number of nitrogens with one attached hydrogen (secondary N) is 12. The van der Waals surface area contributed by atoms with Crippen molar-refractivity contribution in [2.45, 2.75) is 277 Å². The van der Waals surface area contributed by atoms with Gasteiger partial charge in [-0.2, -0.15) is 0 Å². The zero-order chi connectivity index (χ0) is 90.8. The number of anilines is 2. The molecule has 5 atom stereocenters. The summed E-state index contributed by atoms with van der Waals surface area (Å²) in [5.41, 5.74) is 2.77. The summed E-state index contributed by atoms with van der Waals surface area (Å²) >= 11 is 0. The molecule has 5 unspecified atom stereocenters. The number of likely N-dealkylation sites (N-methyl/N-ethyl adjacent to an activating group) is 12. The van der Waals surface area contributed by atoms with Crippen LogP contribution in [0.15, 0.2) is 18.2 Å². The molecule has 1 amide bonds. The Labute approximate surface area is 739 Å². The molecule has 0 radical (unpaired) electrons. The Balaban J connectivity index is -0.000000665. The fraction of sp³-hybridized carbons (Fsp3) is 0.872. The molecule has 0 spiro atoms. The minimum absolute atomic E-state index is 0.0335. The molecule has 0 saturated carbocycles. The standard InChI is InChI=1S/C20H42N4O2.2C16H36N4.C13H20N2O.2C10H22N2O.C9H20N2O/c1-5-19(25)17(13-9-11-15-21-6-2)24-20(26)18(23-8-4)14-10-12-16-22-7-3;2*1-5-17-9-11-18(6-2)13-15-20(8-4)16-14-19(7-3)12-10-17;1-4-13(16)10-7-11(14-5-2)9-12(8-10)15-6-3;2*1-4-10(13)9(12-3)7-5-6-8-11-2;1-8(12)9(11-3)6-4-5-7-10-2/h17-18,21-23H,5-16H2,1-4H3,(H,24,26);2*5-16H2,1-4H3;7-9,14-15H,4-6H2,1-3H3;2*9,11-12H,4-8H2,1-3H3;9-11H,4-7H2,1-3H3. The van der Waals surface area contributed by atoms with Gasteiger partial charge in [0.1, 0.15) is 17.3 Å². The van der Waals surface area contributed by atoms with Gasteiger partial charge in [0.05, 0.1) is 30.2 Å². The van der Waals surface area contributed by atoms with Gasteiger partial charge in [-0.1, -0.05) is 130 Å². The molecule has 12 N–H and O–H groups in total. The molecule has 3 rings (SSSR count). The number of hydrogen-bond donors (Lipinski definition) is 12. The first-order valence-corrected chi connectivity index (χ1v) is 48.4. The van der Waals surface area contributed by atoms with Crippen LogP contribution in [0.3, 0.4) is 0 Å². The first-order chi connectivity index (χ1) is 58.0. The van der Waals surface area contributed by atoms with Gasteiger partial charge < -0.3 is 103 Å². The van der Waals surface area contributed by atoms with Crippen molar-refractivity contribution in [1.82, 2.24) is 92.4 Å². The number of ketones is 5. The van der Waals surface area contributed by atoms with E-state index in [9.17, 15) is 28.8 Å². The van der Waals surface area contributed by atoms with Gasteiger partial charge in [0.15, 0.2) is 11.6 Å². The average molecular weight is 1700 g/mol. The van der Waals surface area contributed by atoms with E-state index in [1.165, 1.54) is 157 Å². The van der Waals surface area contributed by atoms with Crippen molar-refractivity contribution in [3.8, 4) is 0 Å². The third kappa shape index (κ3) is 67.3. The molecule has 2 aliphatic rings. The average Bonchev–Trinajstić information content (AvgIpc) is 0.840. The molecule has 0 aliphatic carbocycles. The Kier molecular flexibility index (Phi) is 90.1. The Morgan fingerprint density at radius 1 is 0.300 bits per heavy atom. The topological polar surface area (TPSA) is 273 Å². The highest BCUT2D eigenvalue weighted by atomic mass is 16.2. The van der Waals surface area contributed by atoms with Gasteiger partial charge in [-0.05, 0) is 257 Å². The van der Waals surface area contributed by atoms with E-state index < -0.39 is 0 Å². The van der Waals surface area contributed by atoms with E-state index in [1.54, 1.807) is 6.92 Å². The largest absolute Gasteiger partial charge is 0.385 e. The third-order valence-electron chi connectivity index (χ3n) is 22.8. The van der Waals surface area contributed by atoms with Crippen LogP contribution in [0.4, 0.5) is 11.4 Å². The molecule has 120 heavy (non-hydrogen) atoms. The van der Waals surface area contributed by atoms with E-state index >= 15 is 0 Å². The second-order valence-corrected chi connectivity index (χ2v) is 31.4. The molecular weight excluding hydrogens is 1510 g/mol. The summed E-state index contributed by atoms with van der Waals surface area (Å²) in [6.07, 6.45) is 17.5. The van der Waals surface area contributed by atoms with E-state index in [0.29, 0.717) is 37.2 Å². The first kappa shape index (κ1) is 122. The van der Waals surface area contributed by atoms with Crippen LogP contribution in [0, 0.1) is 0 Å². The lowest BCUT2D eigenvalue weighted by Gasteiger charge is -2.33. The lowest BCUT2D eigenvalue weighted by molar-refractivity contribution is -0.129. The predicted molar refractivity (Wildman–Crippen MR) is 519 cm³/mol.